The largest absolute Gasteiger partial charge is 0.450 e. The second-order valence-electron chi connectivity index (χ2n) is 4.72. The maximum Gasteiger partial charge on any atom is 0.409 e. The van der Waals surface area contributed by atoms with E-state index in [9.17, 15) is 9.59 Å². The lowest BCUT2D eigenvalue weighted by atomic mass is 9.98. The molecule has 0 saturated carbocycles. The third-order valence-electron chi connectivity index (χ3n) is 3.24. The second kappa shape index (κ2) is 6.93. The number of hydrogen-bond donors (Lipinski definition) is 0. The quantitative estimate of drug-likeness (QED) is 0.629. The molecule has 0 aromatic heterocycles. The summed E-state index contributed by atoms with van der Waals surface area (Å²) >= 11 is 0. The van der Waals surface area contributed by atoms with E-state index in [-0.39, 0.29) is 18.0 Å². The lowest BCUT2D eigenvalue weighted by molar-refractivity contribution is -0.140. The molecular formula is C15H19NO4. The molecule has 0 radical (unpaired) electrons. The van der Waals surface area contributed by atoms with E-state index < -0.39 is 0 Å². The molecular weight excluding hydrogens is 258 g/mol. The zero-order chi connectivity index (χ0) is 14.4. The number of carbonyl (C=O) groups excluding carboxylic acids is 2. The van der Waals surface area contributed by atoms with Crippen molar-refractivity contribution >= 4 is 12.1 Å². The first-order valence-electron chi connectivity index (χ1n) is 6.89. The fourth-order valence-corrected chi connectivity index (χ4v) is 2.24. The number of carbonyl (C=O) groups is 2. The number of nitrogens with zero attached hydrogens (tertiary/aromatic N) is 1. The van der Waals surface area contributed by atoms with Crippen molar-refractivity contribution in [2.24, 2.45) is 5.92 Å². The van der Waals surface area contributed by atoms with Crippen LogP contribution in [-0.4, -0.2) is 36.7 Å². The SMILES string of the molecule is CCOC(=O)N1CCCC(C(=O)Oc2ccccc2)C1. The predicted molar refractivity (Wildman–Crippen MR) is 73.4 cm³/mol. The summed E-state index contributed by atoms with van der Waals surface area (Å²) in [5, 5.41) is 0. The highest BCUT2D eigenvalue weighted by Gasteiger charge is 2.30. The van der Waals surface area contributed by atoms with Crippen molar-refractivity contribution < 1.29 is 19.1 Å². The smallest absolute Gasteiger partial charge is 0.409 e. The standard InChI is InChI=1S/C15H19NO4/c1-2-19-15(18)16-10-6-7-12(11-16)14(17)20-13-8-4-3-5-9-13/h3-5,8-9,12H,2,6-7,10-11H2,1H3. The highest BCUT2D eigenvalue weighted by Crippen LogP contribution is 2.20. The molecule has 20 heavy (non-hydrogen) atoms. The van der Waals surface area contributed by atoms with E-state index in [4.69, 9.17) is 9.47 Å². The van der Waals surface area contributed by atoms with Gasteiger partial charge in [0.2, 0.25) is 0 Å². The molecule has 1 atom stereocenters. The maximum absolute atomic E-state index is 12.1. The molecule has 5 heteroatoms. The van der Waals surface area contributed by atoms with Gasteiger partial charge in [-0.05, 0) is 31.9 Å². The van der Waals surface area contributed by atoms with Gasteiger partial charge >= 0.3 is 12.1 Å². The summed E-state index contributed by atoms with van der Waals surface area (Å²) in [4.78, 5) is 25.3. The number of benzene rings is 1. The van der Waals surface area contributed by atoms with Gasteiger partial charge in [-0.25, -0.2) is 4.79 Å². The van der Waals surface area contributed by atoms with E-state index in [2.05, 4.69) is 0 Å². The normalized spacial score (nSPS) is 18.4. The molecule has 0 bridgehead atoms. The van der Waals surface area contributed by atoms with Crippen LogP contribution in [0.3, 0.4) is 0 Å². The van der Waals surface area contributed by atoms with E-state index in [1.165, 1.54) is 0 Å². The van der Waals surface area contributed by atoms with Crippen molar-refractivity contribution in [1.29, 1.82) is 0 Å². The first kappa shape index (κ1) is 14.4. The lowest BCUT2D eigenvalue weighted by Gasteiger charge is -2.30. The van der Waals surface area contributed by atoms with Crippen molar-refractivity contribution in [3.8, 4) is 5.75 Å². The van der Waals surface area contributed by atoms with E-state index in [0.29, 0.717) is 25.4 Å². The van der Waals surface area contributed by atoms with Crippen LogP contribution in [-0.2, 0) is 9.53 Å². The first-order chi connectivity index (χ1) is 9.70. The minimum Gasteiger partial charge on any atom is -0.450 e. The Morgan fingerprint density at radius 3 is 2.75 bits per heavy atom. The number of ether oxygens (including phenoxy) is 2. The zero-order valence-electron chi connectivity index (χ0n) is 11.6. The number of hydrogen-bond acceptors (Lipinski definition) is 4. The predicted octanol–water partition coefficient (Wildman–Crippen LogP) is 2.46. The summed E-state index contributed by atoms with van der Waals surface area (Å²) < 4.78 is 10.3. The van der Waals surface area contributed by atoms with Crippen LogP contribution in [0, 0.1) is 5.92 Å². The molecule has 1 saturated heterocycles. The molecule has 5 nitrogen and oxygen atoms in total. The van der Waals surface area contributed by atoms with Crippen LogP contribution in [0.4, 0.5) is 4.79 Å². The molecule has 2 rings (SSSR count). The molecule has 1 unspecified atom stereocenters. The average Bonchev–Trinajstić information content (AvgIpc) is 2.48. The summed E-state index contributed by atoms with van der Waals surface area (Å²) in [7, 11) is 0. The molecule has 1 aromatic carbocycles. The number of para-hydroxylation sites is 1. The van der Waals surface area contributed by atoms with Gasteiger partial charge in [-0.1, -0.05) is 18.2 Å². The van der Waals surface area contributed by atoms with Crippen LogP contribution in [0.25, 0.3) is 0 Å². The Bertz CT molecular complexity index is 460. The van der Waals surface area contributed by atoms with Gasteiger partial charge in [-0.15, -0.1) is 0 Å². The van der Waals surface area contributed by atoms with Crippen LogP contribution in [0.2, 0.25) is 0 Å². The highest BCUT2D eigenvalue weighted by atomic mass is 16.6. The average molecular weight is 277 g/mol. The van der Waals surface area contributed by atoms with Crippen molar-refractivity contribution in [3.63, 3.8) is 0 Å². The number of amides is 1. The number of piperidine rings is 1. The van der Waals surface area contributed by atoms with Crippen molar-refractivity contribution in [3.05, 3.63) is 30.3 Å². The van der Waals surface area contributed by atoms with E-state index in [1.54, 1.807) is 24.0 Å². The van der Waals surface area contributed by atoms with E-state index in [0.717, 1.165) is 12.8 Å². The van der Waals surface area contributed by atoms with Gasteiger partial charge < -0.3 is 14.4 Å². The number of rotatable bonds is 3. The van der Waals surface area contributed by atoms with Crippen LogP contribution in [0.5, 0.6) is 5.75 Å². The fraction of sp³-hybridized carbons (Fsp3) is 0.467. The minimum absolute atomic E-state index is 0.284. The summed E-state index contributed by atoms with van der Waals surface area (Å²) in [6, 6.07) is 8.97. The Balaban J connectivity index is 1.91. The third-order valence-corrected chi connectivity index (χ3v) is 3.24. The monoisotopic (exact) mass is 277 g/mol. The minimum atomic E-state index is -0.357. The summed E-state index contributed by atoms with van der Waals surface area (Å²) in [6.07, 6.45) is 1.17. The van der Waals surface area contributed by atoms with Gasteiger partial charge in [0, 0.05) is 13.1 Å². The molecule has 1 fully saturated rings. The summed E-state index contributed by atoms with van der Waals surface area (Å²) in [5.74, 6) is -0.0377. The van der Waals surface area contributed by atoms with Gasteiger partial charge in [0.05, 0.1) is 12.5 Å². The molecule has 1 aliphatic heterocycles. The van der Waals surface area contributed by atoms with E-state index >= 15 is 0 Å². The Kier molecular flexibility index (Phi) is 4.98. The summed E-state index contributed by atoms with van der Waals surface area (Å²) in [5.41, 5.74) is 0. The van der Waals surface area contributed by atoms with E-state index in [1.807, 2.05) is 18.2 Å². The molecule has 0 N–H and O–H groups in total. The topological polar surface area (TPSA) is 55.8 Å². The van der Waals surface area contributed by atoms with Crippen LogP contribution in [0.15, 0.2) is 30.3 Å². The van der Waals surface area contributed by atoms with Crippen molar-refractivity contribution in [1.82, 2.24) is 4.90 Å². The number of likely N-dealkylation sites (tertiary alicyclic amines) is 1. The maximum atomic E-state index is 12.1. The Morgan fingerprint density at radius 2 is 2.05 bits per heavy atom. The molecule has 1 heterocycles. The van der Waals surface area contributed by atoms with Crippen LogP contribution >= 0.6 is 0 Å². The lowest BCUT2D eigenvalue weighted by Crippen LogP contribution is -2.43. The molecule has 0 spiro atoms. The van der Waals surface area contributed by atoms with Gasteiger partial charge in [0.1, 0.15) is 5.75 Å². The van der Waals surface area contributed by atoms with Crippen LogP contribution in [0.1, 0.15) is 19.8 Å². The van der Waals surface area contributed by atoms with Crippen LogP contribution < -0.4 is 4.74 Å². The number of esters is 1. The molecule has 1 aromatic rings. The molecule has 0 aliphatic carbocycles. The molecule has 108 valence electrons. The van der Waals surface area contributed by atoms with Gasteiger partial charge in [-0.3, -0.25) is 4.79 Å². The first-order valence-corrected chi connectivity index (χ1v) is 6.89. The molecule has 1 aliphatic rings. The fourth-order valence-electron chi connectivity index (χ4n) is 2.24. The van der Waals surface area contributed by atoms with Gasteiger partial charge in [0.25, 0.3) is 0 Å². The van der Waals surface area contributed by atoms with Gasteiger partial charge in [-0.2, -0.15) is 0 Å². The highest BCUT2D eigenvalue weighted by molar-refractivity contribution is 5.76. The Labute approximate surface area is 118 Å². The zero-order valence-corrected chi connectivity index (χ0v) is 11.6. The van der Waals surface area contributed by atoms with Gasteiger partial charge in [0.15, 0.2) is 0 Å². The van der Waals surface area contributed by atoms with Crippen molar-refractivity contribution in [2.75, 3.05) is 19.7 Å². The second-order valence-corrected chi connectivity index (χ2v) is 4.72. The Morgan fingerprint density at radius 1 is 1.30 bits per heavy atom. The summed E-state index contributed by atoms with van der Waals surface area (Å²) in [6.45, 7) is 3.11. The molecule has 1 amide bonds. The van der Waals surface area contributed by atoms with Crippen molar-refractivity contribution in [2.45, 2.75) is 19.8 Å². The third kappa shape index (κ3) is 3.73. The Hall–Kier alpha value is -2.04.